The molecule has 0 aliphatic carbocycles. The van der Waals surface area contributed by atoms with E-state index in [0.717, 1.165) is 6.07 Å². The molecule has 0 spiro atoms. The SMILES string of the molecule is CC(C)C(N)c1cccc(C(F)(F)F)c1Cl. The Labute approximate surface area is 97.4 Å². The fraction of sp³-hybridized carbons (Fsp3) is 0.455. The highest BCUT2D eigenvalue weighted by Gasteiger charge is 2.34. The molecule has 0 saturated carbocycles. The van der Waals surface area contributed by atoms with Crippen molar-refractivity contribution in [1.29, 1.82) is 0 Å². The topological polar surface area (TPSA) is 26.0 Å². The molecule has 1 aromatic carbocycles. The summed E-state index contributed by atoms with van der Waals surface area (Å²) in [6.45, 7) is 3.67. The van der Waals surface area contributed by atoms with E-state index in [1.165, 1.54) is 12.1 Å². The zero-order valence-electron chi connectivity index (χ0n) is 8.98. The van der Waals surface area contributed by atoms with Crippen molar-refractivity contribution in [3.05, 3.63) is 34.3 Å². The van der Waals surface area contributed by atoms with Crippen LogP contribution < -0.4 is 5.73 Å². The van der Waals surface area contributed by atoms with E-state index < -0.39 is 17.8 Å². The van der Waals surface area contributed by atoms with Gasteiger partial charge in [-0.3, -0.25) is 0 Å². The number of nitrogens with two attached hydrogens (primary N) is 1. The summed E-state index contributed by atoms with van der Waals surface area (Å²) in [5.74, 6) is 0.0287. The Balaban J connectivity index is 3.24. The lowest BCUT2D eigenvalue weighted by Crippen LogP contribution is -2.18. The van der Waals surface area contributed by atoms with Crippen LogP contribution in [0.3, 0.4) is 0 Å². The van der Waals surface area contributed by atoms with Gasteiger partial charge in [-0.05, 0) is 17.5 Å². The van der Waals surface area contributed by atoms with Crippen molar-refractivity contribution >= 4 is 11.6 Å². The summed E-state index contributed by atoms with van der Waals surface area (Å²) in [6.07, 6.45) is -4.44. The first-order valence-corrected chi connectivity index (χ1v) is 5.24. The maximum absolute atomic E-state index is 12.6. The molecule has 1 aromatic rings. The predicted octanol–water partition coefficient (Wildman–Crippen LogP) is 4.01. The second kappa shape index (κ2) is 4.63. The van der Waals surface area contributed by atoms with Crippen LogP contribution in [0.15, 0.2) is 18.2 Å². The fourth-order valence-corrected chi connectivity index (χ4v) is 1.74. The standard InChI is InChI=1S/C11H13ClF3N/c1-6(2)10(16)7-4-3-5-8(9(7)12)11(13,14)15/h3-6,10H,16H2,1-2H3. The van der Waals surface area contributed by atoms with Crippen molar-refractivity contribution in [2.45, 2.75) is 26.1 Å². The number of benzene rings is 1. The van der Waals surface area contributed by atoms with E-state index >= 15 is 0 Å². The highest BCUT2D eigenvalue weighted by Crippen LogP contribution is 2.38. The molecule has 0 aliphatic heterocycles. The van der Waals surface area contributed by atoms with Gasteiger partial charge in [0.25, 0.3) is 0 Å². The molecule has 0 amide bonds. The molecular weight excluding hydrogens is 239 g/mol. The maximum Gasteiger partial charge on any atom is 0.417 e. The third-order valence-electron chi connectivity index (χ3n) is 2.41. The molecule has 1 unspecified atom stereocenters. The molecular formula is C11H13ClF3N. The highest BCUT2D eigenvalue weighted by molar-refractivity contribution is 6.32. The maximum atomic E-state index is 12.6. The Morgan fingerprint density at radius 1 is 1.25 bits per heavy atom. The van der Waals surface area contributed by atoms with Gasteiger partial charge in [0.05, 0.1) is 10.6 Å². The third kappa shape index (κ3) is 2.68. The molecule has 1 rings (SSSR count). The van der Waals surface area contributed by atoms with E-state index in [9.17, 15) is 13.2 Å². The number of hydrogen-bond donors (Lipinski definition) is 1. The molecule has 0 bridgehead atoms. The minimum Gasteiger partial charge on any atom is -0.324 e. The first-order valence-electron chi connectivity index (χ1n) is 4.86. The van der Waals surface area contributed by atoms with Crippen molar-refractivity contribution in [2.24, 2.45) is 11.7 Å². The van der Waals surface area contributed by atoms with Gasteiger partial charge in [-0.2, -0.15) is 13.2 Å². The van der Waals surface area contributed by atoms with Crippen LogP contribution in [0.1, 0.15) is 31.0 Å². The lowest BCUT2D eigenvalue weighted by Gasteiger charge is -2.19. The second-order valence-electron chi connectivity index (χ2n) is 3.98. The van der Waals surface area contributed by atoms with Crippen LogP contribution in [0, 0.1) is 5.92 Å². The normalized spacial score (nSPS) is 14.2. The van der Waals surface area contributed by atoms with Gasteiger partial charge in [0.2, 0.25) is 0 Å². The predicted molar refractivity (Wildman–Crippen MR) is 58.2 cm³/mol. The average Bonchev–Trinajstić information content (AvgIpc) is 2.15. The summed E-state index contributed by atoms with van der Waals surface area (Å²) < 4.78 is 37.7. The van der Waals surface area contributed by atoms with Crippen molar-refractivity contribution in [3.63, 3.8) is 0 Å². The summed E-state index contributed by atoms with van der Waals surface area (Å²) in [5.41, 5.74) is 5.31. The number of hydrogen-bond acceptors (Lipinski definition) is 1. The molecule has 0 saturated heterocycles. The van der Waals surface area contributed by atoms with Gasteiger partial charge in [0.1, 0.15) is 0 Å². The summed E-state index contributed by atoms with van der Waals surface area (Å²) in [5, 5.41) is -0.295. The third-order valence-corrected chi connectivity index (χ3v) is 2.83. The van der Waals surface area contributed by atoms with Crippen LogP contribution in [0.2, 0.25) is 5.02 Å². The molecule has 2 N–H and O–H groups in total. The minimum atomic E-state index is -4.44. The summed E-state index contributed by atoms with van der Waals surface area (Å²) >= 11 is 5.73. The van der Waals surface area contributed by atoms with Gasteiger partial charge < -0.3 is 5.73 Å². The molecule has 0 radical (unpaired) electrons. The molecule has 0 fully saturated rings. The van der Waals surface area contributed by atoms with E-state index in [1.807, 2.05) is 13.8 Å². The average molecular weight is 252 g/mol. The zero-order chi connectivity index (χ0) is 12.5. The van der Waals surface area contributed by atoms with E-state index in [1.54, 1.807) is 0 Å². The van der Waals surface area contributed by atoms with Gasteiger partial charge >= 0.3 is 6.18 Å². The Morgan fingerprint density at radius 2 is 1.81 bits per heavy atom. The van der Waals surface area contributed by atoms with Crippen LogP contribution in [-0.2, 0) is 6.18 Å². The van der Waals surface area contributed by atoms with E-state index in [4.69, 9.17) is 17.3 Å². The fourth-order valence-electron chi connectivity index (χ4n) is 1.39. The molecule has 90 valence electrons. The first kappa shape index (κ1) is 13.3. The quantitative estimate of drug-likeness (QED) is 0.844. The monoisotopic (exact) mass is 251 g/mol. The van der Waals surface area contributed by atoms with Gasteiger partial charge in [-0.25, -0.2) is 0 Å². The van der Waals surface area contributed by atoms with Gasteiger partial charge in [0.15, 0.2) is 0 Å². The van der Waals surface area contributed by atoms with Crippen LogP contribution in [0.5, 0.6) is 0 Å². The van der Waals surface area contributed by atoms with Crippen LogP contribution in [0.4, 0.5) is 13.2 Å². The molecule has 16 heavy (non-hydrogen) atoms. The van der Waals surface area contributed by atoms with Crippen molar-refractivity contribution in [2.75, 3.05) is 0 Å². The molecule has 1 nitrogen and oxygen atoms in total. The summed E-state index contributed by atoms with van der Waals surface area (Å²) in [7, 11) is 0. The zero-order valence-corrected chi connectivity index (χ0v) is 9.73. The minimum absolute atomic E-state index is 0.0287. The number of rotatable bonds is 2. The molecule has 0 aromatic heterocycles. The lowest BCUT2D eigenvalue weighted by atomic mass is 9.95. The number of halogens is 4. The Bertz CT molecular complexity index is 374. The van der Waals surface area contributed by atoms with Crippen LogP contribution >= 0.6 is 11.6 Å². The van der Waals surface area contributed by atoms with Crippen molar-refractivity contribution in [1.82, 2.24) is 0 Å². The Kier molecular flexibility index (Phi) is 3.86. The van der Waals surface area contributed by atoms with E-state index in [2.05, 4.69) is 0 Å². The molecule has 1 atom stereocenters. The van der Waals surface area contributed by atoms with Gasteiger partial charge in [-0.15, -0.1) is 0 Å². The Hall–Kier alpha value is -0.740. The Morgan fingerprint density at radius 3 is 2.25 bits per heavy atom. The largest absolute Gasteiger partial charge is 0.417 e. The number of alkyl halides is 3. The molecule has 5 heteroatoms. The second-order valence-corrected chi connectivity index (χ2v) is 4.35. The summed E-state index contributed by atoms with van der Waals surface area (Å²) in [4.78, 5) is 0. The smallest absolute Gasteiger partial charge is 0.324 e. The van der Waals surface area contributed by atoms with Crippen molar-refractivity contribution in [3.8, 4) is 0 Å². The van der Waals surface area contributed by atoms with Gasteiger partial charge in [0, 0.05) is 6.04 Å². The van der Waals surface area contributed by atoms with Crippen molar-refractivity contribution < 1.29 is 13.2 Å². The first-order chi connectivity index (χ1) is 7.25. The van der Waals surface area contributed by atoms with E-state index in [-0.39, 0.29) is 10.9 Å². The van der Waals surface area contributed by atoms with Crippen LogP contribution in [0.25, 0.3) is 0 Å². The van der Waals surface area contributed by atoms with Gasteiger partial charge in [-0.1, -0.05) is 37.6 Å². The molecule has 0 aliphatic rings. The molecule has 0 heterocycles. The summed E-state index contributed by atoms with van der Waals surface area (Å²) in [6, 6.07) is 3.32. The van der Waals surface area contributed by atoms with Crippen LogP contribution in [-0.4, -0.2) is 0 Å². The van der Waals surface area contributed by atoms with E-state index in [0.29, 0.717) is 5.56 Å². The highest BCUT2D eigenvalue weighted by atomic mass is 35.5. The lowest BCUT2D eigenvalue weighted by molar-refractivity contribution is -0.137.